The molecule has 0 aliphatic carbocycles. The molecule has 0 spiro atoms. The van der Waals surface area contributed by atoms with E-state index in [1.165, 1.54) is 67.8 Å². The minimum absolute atomic E-state index is 0.344. The van der Waals surface area contributed by atoms with Gasteiger partial charge in [-0.25, -0.2) is 0 Å². The molecule has 4 rings (SSSR count). The van der Waals surface area contributed by atoms with Gasteiger partial charge in [0.15, 0.2) is 0 Å². The Labute approximate surface area is 167 Å². The summed E-state index contributed by atoms with van der Waals surface area (Å²) in [6.07, 6.45) is 10.8. The van der Waals surface area contributed by atoms with Gasteiger partial charge in [0.05, 0.1) is 6.10 Å². The second-order valence-electron chi connectivity index (χ2n) is 8.51. The molecule has 0 radical (unpaired) electrons. The lowest BCUT2D eigenvalue weighted by molar-refractivity contribution is -0.130. The fraction of sp³-hybridized carbons (Fsp3) is 0.773. The molecule has 1 amide bonds. The van der Waals surface area contributed by atoms with E-state index in [0.29, 0.717) is 12.0 Å². The molecular weight excluding hydrogens is 356 g/mol. The Morgan fingerprint density at radius 1 is 1.04 bits per heavy atom. The first-order valence-electron chi connectivity index (χ1n) is 11.0. The molecule has 27 heavy (non-hydrogen) atoms. The van der Waals surface area contributed by atoms with Gasteiger partial charge in [0.2, 0.25) is 5.91 Å². The molecule has 0 N–H and O–H groups in total. The van der Waals surface area contributed by atoms with E-state index in [2.05, 4.69) is 21.9 Å². The lowest BCUT2D eigenvalue weighted by atomic mass is 9.92. The number of hydrogen-bond acceptors (Lipinski definition) is 4. The molecule has 1 aromatic rings. The first kappa shape index (κ1) is 19.4. The van der Waals surface area contributed by atoms with Crippen molar-refractivity contribution in [3.63, 3.8) is 0 Å². The minimum Gasteiger partial charge on any atom is -0.373 e. The third kappa shape index (κ3) is 5.33. The van der Waals surface area contributed by atoms with Crippen LogP contribution in [0, 0.1) is 5.92 Å². The van der Waals surface area contributed by atoms with E-state index in [0.717, 1.165) is 45.0 Å². The van der Waals surface area contributed by atoms with Gasteiger partial charge in [-0.2, -0.15) is 0 Å². The second-order valence-corrected chi connectivity index (χ2v) is 9.71. The Hall–Kier alpha value is -0.910. The highest BCUT2D eigenvalue weighted by molar-refractivity contribution is 7.12. The molecule has 3 aliphatic rings. The van der Waals surface area contributed by atoms with Gasteiger partial charge < -0.3 is 9.64 Å². The van der Waals surface area contributed by atoms with Crippen LogP contribution in [0.1, 0.15) is 73.6 Å². The Bertz CT molecular complexity index is 597. The fourth-order valence-electron chi connectivity index (χ4n) is 4.72. The van der Waals surface area contributed by atoms with Crippen LogP contribution in [0.15, 0.2) is 12.1 Å². The molecule has 0 unspecified atom stereocenters. The van der Waals surface area contributed by atoms with Crippen molar-refractivity contribution in [3.05, 3.63) is 21.9 Å². The summed E-state index contributed by atoms with van der Waals surface area (Å²) in [5, 5.41) is 0. The van der Waals surface area contributed by atoms with Crippen molar-refractivity contribution in [2.24, 2.45) is 5.92 Å². The van der Waals surface area contributed by atoms with Crippen LogP contribution >= 0.6 is 11.3 Å². The van der Waals surface area contributed by atoms with Crippen molar-refractivity contribution in [1.29, 1.82) is 0 Å². The Balaban J connectivity index is 1.17. The van der Waals surface area contributed by atoms with Gasteiger partial charge in [0, 0.05) is 42.4 Å². The normalized spacial score (nSPS) is 25.2. The molecule has 4 nitrogen and oxygen atoms in total. The van der Waals surface area contributed by atoms with Crippen molar-refractivity contribution >= 4 is 17.2 Å². The zero-order chi connectivity index (χ0) is 18.5. The number of nitrogens with zero attached hydrogens (tertiary/aromatic N) is 2. The number of carbonyl (C=O) groups excluding carboxylic acids is 1. The molecule has 3 saturated heterocycles. The monoisotopic (exact) mass is 390 g/mol. The number of carbonyl (C=O) groups is 1. The van der Waals surface area contributed by atoms with Gasteiger partial charge in [-0.05, 0) is 82.5 Å². The third-order valence-electron chi connectivity index (χ3n) is 6.49. The molecule has 0 saturated carbocycles. The summed E-state index contributed by atoms with van der Waals surface area (Å²) >= 11 is 1.95. The van der Waals surface area contributed by atoms with E-state index < -0.39 is 0 Å². The summed E-state index contributed by atoms with van der Waals surface area (Å²) < 4.78 is 5.93. The van der Waals surface area contributed by atoms with Gasteiger partial charge in [0.1, 0.15) is 0 Å². The summed E-state index contributed by atoms with van der Waals surface area (Å²) in [5.41, 5.74) is 0. The molecule has 150 valence electrons. The summed E-state index contributed by atoms with van der Waals surface area (Å²) in [6.45, 7) is 6.34. The lowest BCUT2D eigenvalue weighted by Crippen LogP contribution is -2.34. The first-order chi connectivity index (χ1) is 13.3. The van der Waals surface area contributed by atoms with E-state index in [9.17, 15) is 4.79 Å². The van der Waals surface area contributed by atoms with Crippen LogP contribution in [0.2, 0.25) is 0 Å². The number of thiophene rings is 1. The highest BCUT2D eigenvalue weighted by Gasteiger charge is 2.23. The van der Waals surface area contributed by atoms with Crippen LogP contribution in [0.25, 0.3) is 0 Å². The average Bonchev–Trinajstić information content (AvgIpc) is 3.40. The summed E-state index contributed by atoms with van der Waals surface area (Å²) in [4.78, 5) is 19.8. The van der Waals surface area contributed by atoms with Crippen molar-refractivity contribution in [1.82, 2.24) is 9.80 Å². The van der Waals surface area contributed by atoms with E-state index in [1.807, 2.05) is 11.3 Å². The first-order valence-corrected chi connectivity index (χ1v) is 11.8. The summed E-state index contributed by atoms with van der Waals surface area (Å²) in [5.74, 6) is 1.13. The third-order valence-corrected chi connectivity index (χ3v) is 7.65. The predicted octanol–water partition coefficient (Wildman–Crippen LogP) is 4.60. The quantitative estimate of drug-likeness (QED) is 0.711. The van der Waals surface area contributed by atoms with Crippen LogP contribution in [0.4, 0.5) is 0 Å². The highest BCUT2D eigenvalue weighted by atomic mass is 32.1. The van der Waals surface area contributed by atoms with Crippen molar-refractivity contribution < 1.29 is 9.53 Å². The van der Waals surface area contributed by atoms with Gasteiger partial charge in [0.25, 0.3) is 0 Å². The number of amides is 1. The smallest absolute Gasteiger partial charge is 0.222 e. The Morgan fingerprint density at radius 3 is 2.59 bits per heavy atom. The SMILES string of the molecule is O=C(CCC1CCN(Cc2ccc([C@H]3CCCCO3)s2)CC1)N1CCCC1. The topological polar surface area (TPSA) is 32.8 Å². The van der Waals surface area contributed by atoms with Gasteiger partial charge in [-0.3, -0.25) is 9.69 Å². The largest absolute Gasteiger partial charge is 0.373 e. The molecule has 1 atom stereocenters. The number of ether oxygens (including phenoxy) is 1. The van der Waals surface area contributed by atoms with Crippen LogP contribution in [0.3, 0.4) is 0 Å². The Morgan fingerprint density at radius 2 is 1.85 bits per heavy atom. The number of rotatable bonds is 6. The summed E-state index contributed by atoms with van der Waals surface area (Å²) in [7, 11) is 0. The number of likely N-dealkylation sites (tertiary alicyclic amines) is 2. The fourth-order valence-corrected chi connectivity index (χ4v) is 5.86. The zero-order valence-electron chi connectivity index (χ0n) is 16.5. The van der Waals surface area contributed by atoms with Crippen LogP contribution < -0.4 is 0 Å². The van der Waals surface area contributed by atoms with Crippen molar-refractivity contribution in [2.45, 2.75) is 70.4 Å². The van der Waals surface area contributed by atoms with Crippen molar-refractivity contribution in [2.75, 3.05) is 32.8 Å². The molecule has 5 heteroatoms. The van der Waals surface area contributed by atoms with Gasteiger partial charge >= 0.3 is 0 Å². The molecule has 3 aliphatic heterocycles. The molecule has 4 heterocycles. The maximum atomic E-state index is 12.2. The van der Waals surface area contributed by atoms with Gasteiger partial charge in [-0.15, -0.1) is 11.3 Å². The van der Waals surface area contributed by atoms with E-state index in [1.54, 1.807) is 0 Å². The number of piperidine rings is 1. The number of hydrogen-bond donors (Lipinski definition) is 0. The molecule has 1 aromatic heterocycles. The Kier molecular flexibility index (Phi) is 6.85. The average molecular weight is 391 g/mol. The minimum atomic E-state index is 0.344. The lowest BCUT2D eigenvalue weighted by Gasteiger charge is -2.31. The maximum absolute atomic E-state index is 12.2. The van der Waals surface area contributed by atoms with Gasteiger partial charge in [-0.1, -0.05) is 0 Å². The molecule has 0 bridgehead atoms. The van der Waals surface area contributed by atoms with E-state index in [-0.39, 0.29) is 0 Å². The van der Waals surface area contributed by atoms with E-state index in [4.69, 9.17) is 4.74 Å². The highest BCUT2D eigenvalue weighted by Crippen LogP contribution is 2.33. The molecular formula is C22H34N2O2S. The maximum Gasteiger partial charge on any atom is 0.222 e. The van der Waals surface area contributed by atoms with Crippen molar-refractivity contribution in [3.8, 4) is 0 Å². The second kappa shape index (κ2) is 9.53. The predicted molar refractivity (Wildman–Crippen MR) is 110 cm³/mol. The van der Waals surface area contributed by atoms with Crippen LogP contribution in [-0.2, 0) is 16.1 Å². The van der Waals surface area contributed by atoms with E-state index >= 15 is 0 Å². The molecule has 3 fully saturated rings. The standard InChI is InChI=1S/C22H34N2O2S/c25-22(24-12-2-3-13-24)9-6-18-10-14-23(15-11-18)17-19-7-8-21(27-19)20-5-1-4-16-26-20/h7-8,18,20H,1-6,9-17H2/t20-/m1/s1. The summed E-state index contributed by atoms with van der Waals surface area (Å²) in [6, 6.07) is 4.59. The van der Waals surface area contributed by atoms with Crippen LogP contribution in [0.5, 0.6) is 0 Å². The molecule has 0 aromatic carbocycles. The zero-order valence-corrected chi connectivity index (χ0v) is 17.4. The van der Waals surface area contributed by atoms with Crippen LogP contribution in [-0.4, -0.2) is 48.5 Å².